The summed E-state index contributed by atoms with van der Waals surface area (Å²) < 4.78 is 18.8. The Balaban J connectivity index is 1.40. The highest BCUT2D eigenvalue weighted by atomic mass is 19.1. The van der Waals surface area contributed by atoms with E-state index in [-0.39, 0.29) is 23.7 Å². The number of hydrazine groups is 1. The molecule has 7 heteroatoms. The summed E-state index contributed by atoms with van der Waals surface area (Å²) in [4.78, 5) is 18.7. The molecular weight excluding hydrogens is 359 g/mol. The molecule has 2 unspecified atom stereocenters. The number of methoxy groups -OCH3 is 1. The predicted octanol–water partition coefficient (Wildman–Crippen LogP) is 2.34. The molecule has 0 spiro atoms. The number of carbonyl (C=O) groups excluding carboxylic acids is 1. The van der Waals surface area contributed by atoms with Crippen LogP contribution < -0.4 is 15.6 Å². The Hall–Kier alpha value is -2.51. The molecule has 2 fully saturated rings. The molecule has 2 aliphatic heterocycles. The van der Waals surface area contributed by atoms with Gasteiger partial charge in [0.15, 0.2) is 0 Å². The minimum atomic E-state index is -0.198. The zero-order chi connectivity index (χ0) is 19.5. The summed E-state index contributed by atoms with van der Waals surface area (Å²) in [6.45, 7) is 2.20. The fourth-order valence-electron chi connectivity index (χ4n) is 4.32. The Morgan fingerprint density at radius 3 is 2.82 bits per heavy atom. The maximum absolute atomic E-state index is 13.6. The first-order chi connectivity index (χ1) is 13.7. The first-order valence-corrected chi connectivity index (χ1v) is 9.69. The highest BCUT2D eigenvalue weighted by Gasteiger charge is 2.37. The summed E-state index contributed by atoms with van der Waals surface area (Å²) in [6.07, 6.45) is 3.43. The molecule has 0 aliphatic carbocycles. The lowest BCUT2D eigenvalue weighted by Crippen LogP contribution is -2.45. The number of aromatic nitrogens is 1. The van der Waals surface area contributed by atoms with Crippen molar-refractivity contribution in [1.82, 2.24) is 20.7 Å². The van der Waals surface area contributed by atoms with Crippen molar-refractivity contribution in [3.63, 3.8) is 0 Å². The Morgan fingerprint density at radius 1 is 1.25 bits per heavy atom. The van der Waals surface area contributed by atoms with Gasteiger partial charge in [-0.25, -0.2) is 9.37 Å². The number of hydrogen-bond acceptors (Lipinski definition) is 5. The number of piperidine rings is 1. The second-order valence-corrected chi connectivity index (χ2v) is 7.43. The van der Waals surface area contributed by atoms with Crippen LogP contribution in [-0.4, -0.2) is 48.6 Å². The quantitative estimate of drug-likeness (QED) is 0.847. The number of ether oxygens (including phenoxy) is 1. The Morgan fingerprint density at radius 2 is 2.07 bits per heavy atom. The monoisotopic (exact) mass is 384 g/mol. The van der Waals surface area contributed by atoms with Gasteiger partial charge in [-0.2, -0.15) is 0 Å². The number of nitrogens with one attached hydrogen (secondary N) is 2. The zero-order valence-corrected chi connectivity index (χ0v) is 15.9. The summed E-state index contributed by atoms with van der Waals surface area (Å²) in [5.41, 5.74) is 8.24. The summed E-state index contributed by atoms with van der Waals surface area (Å²) in [5.74, 6) is 0.918. The average molecular weight is 384 g/mol. The molecule has 1 aromatic carbocycles. The van der Waals surface area contributed by atoms with Crippen LogP contribution in [0.15, 0.2) is 42.6 Å². The lowest BCUT2D eigenvalue weighted by atomic mass is 9.80. The average Bonchev–Trinajstić information content (AvgIpc) is 3.23. The number of nitrogens with zero attached hydrogens (tertiary/aromatic N) is 2. The third kappa shape index (κ3) is 3.86. The van der Waals surface area contributed by atoms with Crippen molar-refractivity contribution in [2.75, 3.05) is 26.7 Å². The molecule has 28 heavy (non-hydrogen) atoms. The van der Waals surface area contributed by atoms with Crippen LogP contribution in [0.4, 0.5) is 4.39 Å². The summed E-state index contributed by atoms with van der Waals surface area (Å²) in [5, 5.41) is 0. The van der Waals surface area contributed by atoms with Gasteiger partial charge < -0.3 is 9.64 Å². The number of halogens is 1. The topological polar surface area (TPSA) is 66.5 Å². The lowest BCUT2D eigenvalue weighted by Gasteiger charge is -2.36. The van der Waals surface area contributed by atoms with Crippen LogP contribution in [0.5, 0.6) is 5.88 Å². The smallest absolute Gasteiger partial charge is 0.254 e. The van der Waals surface area contributed by atoms with Gasteiger partial charge in [0, 0.05) is 49.4 Å². The number of benzene rings is 1. The fraction of sp³-hybridized carbons (Fsp3) is 0.429. The van der Waals surface area contributed by atoms with Crippen molar-refractivity contribution in [3.8, 4) is 5.88 Å². The van der Waals surface area contributed by atoms with Crippen molar-refractivity contribution < 1.29 is 13.9 Å². The SMILES string of the molecule is COc1cc(C(=O)N2CCC(C3NNCC3c3cccc(F)c3)CC2)ccn1. The largest absolute Gasteiger partial charge is 0.481 e. The van der Waals surface area contributed by atoms with E-state index in [1.807, 2.05) is 11.0 Å². The standard InChI is InChI=1S/C21H25FN4O2/c1-28-19-12-16(5-8-23-19)21(27)26-9-6-14(7-10-26)20-18(13-24-25-20)15-3-2-4-17(22)11-15/h2-5,8,11-12,14,18,20,24-25H,6-7,9-10,13H2,1H3. The van der Waals surface area contributed by atoms with Gasteiger partial charge in [0.1, 0.15) is 5.82 Å². The normalized spacial score (nSPS) is 23.0. The second kappa shape index (κ2) is 8.24. The van der Waals surface area contributed by atoms with E-state index in [1.165, 1.54) is 6.07 Å². The number of carbonyl (C=O) groups is 1. The summed E-state index contributed by atoms with van der Waals surface area (Å²) in [7, 11) is 1.54. The van der Waals surface area contributed by atoms with E-state index < -0.39 is 0 Å². The molecule has 2 atom stereocenters. The van der Waals surface area contributed by atoms with Crippen LogP contribution in [0.2, 0.25) is 0 Å². The van der Waals surface area contributed by atoms with E-state index >= 15 is 0 Å². The van der Waals surface area contributed by atoms with Crippen LogP contribution in [-0.2, 0) is 0 Å². The molecule has 2 N–H and O–H groups in total. The minimum absolute atomic E-state index is 0.0123. The first-order valence-electron chi connectivity index (χ1n) is 9.69. The van der Waals surface area contributed by atoms with Gasteiger partial charge >= 0.3 is 0 Å². The number of likely N-dealkylation sites (tertiary alicyclic amines) is 1. The second-order valence-electron chi connectivity index (χ2n) is 7.43. The van der Waals surface area contributed by atoms with E-state index in [2.05, 4.69) is 15.8 Å². The van der Waals surface area contributed by atoms with Crippen molar-refractivity contribution in [2.45, 2.75) is 24.8 Å². The van der Waals surface area contributed by atoms with Gasteiger partial charge in [-0.3, -0.25) is 15.6 Å². The maximum atomic E-state index is 13.6. The summed E-state index contributed by atoms with van der Waals surface area (Å²) in [6, 6.07) is 10.5. The van der Waals surface area contributed by atoms with E-state index in [1.54, 1.807) is 37.6 Å². The van der Waals surface area contributed by atoms with Crippen molar-refractivity contribution >= 4 is 5.91 Å². The number of hydrogen-bond donors (Lipinski definition) is 2. The van der Waals surface area contributed by atoms with Gasteiger partial charge in [0.25, 0.3) is 5.91 Å². The molecule has 148 valence electrons. The first kappa shape index (κ1) is 18.8. The Bertz CT molecular complexity index is 839. The minimum Gasteiger partial charge on any atom is -0.481 e. The van der Waals surface area contributed by atoms with E-state index in [4.69, 9.17) is 4.74 Å². The van der Waals surface area contributed by atoms with Crippen molar-refractivity contribution in [3.05, 3.63) is 59.5 Å². The summed E-state index contributed by atoms with van der Waals surface area (Å²) >= 11 is 0. The van der Waals surface area contributed by atoms with Crippen molar-refractivity contribution in [2.24, 2.45) is 5.92 Å². The Kier molecular flexibility index (Phi) is 5.54. The third-order valence-corrected chi connectivity index (χ3v) is 5.83. The number of pyridine rings is 1. The molecule has 4 rings (SSSR count). The van der Waals surface area contributed by atoms with Gasteiger partial charge in [-0.1, -0.05) is 12.1 Å². The van der Waals surface area contributed by atoms with E-state index in [9.17, 15) is 9.18 Å². The van der Waals surface area contributed by atoms with E-state index in [0.717, 1.165) is 24.9 Å². The van der Waals surface area contributed by atoms with Gasteiger partial charge in [-0.05, 0) is 42.5 Å². The molecule has 0 radical (unpaired) electrons. The molecule has 3 heterocycles. The number of amides is 1. The molecule has 0 bridgehead atoms. The van der Waals surface area contributed by atoms with Crippen LogP contribution in [0, 0.1) is 11.7 Å². The fourth-order valence-corrected chi connectivity index (χ4v) is 4.32. The molecule has 0 saturated carbocycles. The Labute approximate surface area is 164 Å². The number of rotatable bonds is 4. The van der Waals surface area contributed by atoms with E-state index in [0.29, 0.717) is 30.5 Å². The molecular formula is C21H25FN4O2. The van der Waals surface area contributed by atoms with Crippen LogP contribution in [0.25, 0.3) is 0 Å². The molecule has 2 aliphatic rings. The van der Waals surface area contributed by atoms with Crippen LogP contribution in [0.1, 0.15) is 34.7 Å². The molecule has 6 nitrogen and oxygen atoms in total. The van der Waals surface area contributed by atoms with Gasteiger partial charge in [0.2, 0.25) is 5.88 Å². The highest BCUT2D eigenvalue weighted by Crippen LogP contribution is 2.33. The molecule has 2 saturated heterocycles. The zero-order valence-electron chi connectivity index (χ0n) is 15.9. The molecule has 1 amide bonds. The van der Waals surface area contributed by atoms with Gasteiger partial charge in [-0.15, -0.1) is 0 Å². The predicted molar refractivity (Wildman–Crippen MR) is 103 cm³/mol. The van der Waals surface area contributed by atoms with Crippen LogP contribution in [0.3, 0.4) is 0 Å². The molecule has 2 aromatic rings. The van der Waals surface area contributed by atoms with Crippen molar-refractivity contribution in [1.29, 1.82) is 0 Å². The highest BCUT2D eigenvalue weighted by molar-refractivity contribution is 5.94. The maximum Gasteiger partial charge on any atom is 0.254 e. The molecule has 1 aromatic heterocycles. The van der Waals surface area contributed by atoms with Crippen LogP contribution >= 0.6 is 0 Å². The lowest BCUT2D eigenvalue weighted by molar-refractivity contribution is 0.0669. The van der Waals surface area contributed by atoms with Gasteiger partial charge in [0.05, 0.1) is 7.11 Å². The third-order valence-electron chi connectivity index (χ3n) is 5.83.